The van der Waals surface area contributed by atoms with Crippen molar-refractivity contribution < 1.29 is 4.79 Å². The van der Waals surface area contributed by atoms with Gasteiger partial charge in [0.15, 0.2) is 0 Å². The van der Waals surface area contributed by atoms with E-state index in [0.29, 0.717) is 17.7 Å². The van der Waals surface area contributed by atoms with E-state index in [1.54, 1.807) is 0 Å². The van der Waals surface area contributed by atoms with Gasteiger partial charge in [-0.15, -0.1) is 12.4 Å². The molecular formula is C15H29ClN2O. The number of hydrogen-bond donors (Lipinski definition) is 1. The molecule has 1 atom stereocenters. The Balaban J connectivity index is 0.00000180. The zero-order chi connectivity index (χ0) is 13.0. The summed E-state index contributed by atoms with van der Waals surface area (Å²) in [5, 5.41) is 0. The van der Waals surface area contributed by atoms with E-state index in [1.165, 1.54) is 44.9 Å². The molecule has 1 saturated heterocycles. The first-order chi connectivity index (χ1) is 8.61. The van der Waals surface area contributed by atoms with Crippen LogP contribution in [0.5, 0.6) is 0 Å². The molecule has 1 spiro atoms. The second-order valence-electron chi connectivity index (χ2n) is 6.46. The molecule has 2 aliphatic rings. The zero-order valence-corrected chi connectivity index (χ0v) is 13.0. The van der Waals surface area contributed by atoms with Crippen LogP contribution in [-0.2, 0) is 4.79 Å². The molecule has 4 heteroatoms. The number of hydrogen-bond acceptors (Lipinski definition) is 2. The second-order valence-corrected chi connectivity index (χ2v) is 6.46. The van der Waals surface area contributed by atoms with E-state index in [-0.39, 0.29) is 18.4 Å². The molecule has 1 saturated carbocycles. The van der Waals surface area contributed by atoms with Gasteiger partial charge in [0.05, 0.1) is 0 Å². The van der Waals surface area contributed by atoms with Crippen molar-refractivity contribution in [3.8, 4) is 0 Å². The number of carbonyl (C=O) groups excluding carboxylic acids is 1. The number of amides is 1. The van der Waals surface area contributed by atoms with Crippen molar-refractivity contribution >= 4 is 18.3 Å². The minimum absolute atomic E-state index is 0. The largest absolute Gasteiger partial charge is 0.343 e. The number of halogens is 1. The first-order valence-corrected chi connectivity index (χ1v) is 7.65. The SMILES string of the molecule is CC(N)CCC(=O)N1CCC2(CCCCC2)CC1.Cl. The van der Waals surface area contributed by atoms with Gasteiger partial charge in [-0.25, -0.2) is 0 Å². The molecule has 19 heavy (non-hydrogen) atoms. The quantitative estimate of drug-likeness (QED) is 0.867. The van der Waals surface area contributed by atoms with Gasteiger partial charge in [-0.1, -0.05) is 19.3 Å². The van der Waals surface area contributed by atoms with Crippen LogP contribution < -0.4 is 5.73 Å². The average molecular weight is 289 g/mol. The highest BCUT2D eigenvalue weighted by molar-refractivity contribution is 5.85. The van der Waals surface area contributed by atoms with Crippen LogP contribution in [0.3, 0.4) is 0 Å². The maximum Gasteiger partial charge on any atom is 0.222 e. The van der Waals surface area contributed by atoms with Crippen molar-refractivity contribution in [3.05, 3.63) is 0 Å². The van der Waals surface area contributed by atoms with E-state index in [0.717, 1.165) is 19.5 Å². The Morgan fingerprint density at radius 3 is 2.26 bits per heavy atom. The number of carbonyl (C=O) groups is 1. The van der Waals surface area contributed by atoms with Crippen molar-refractivity contribution in [2.75, 3.05) is 13.1 Å². The summed E-state index contributed by atoms with van der Waals surface area (Å²) in [6, 6.07) is 0.142. The first-order valence-electron chi connectivity index (χ1n) is 7.65. The van der Waals surface area contributed by atoms with Crippen LogP contribution >= 0.6 is 12.4 Å². The molecule has 3 nitrogen and oxygen atoms in total. The van der Waals surface area contributed by atoms with Crippen LogP contribution in [-0.4, -0.2) is 29.9 Å². The number of piperidine rings is 1. The molecule has 0 aromatic rings. The first kappa shape index (κ1) is 16.8. The molecule has 1 aliphatic heterocycles. The minimum Gasteiger partial charge on any atom is -0.343 e. The third-order valence-electron chi connectivity index (χ3n) is 4.90. The Morgan fingerprint density at radius 2 is 1.74 bits per heavy atom. The highest BCUT2D eigenvalue weighted by atomic mass is 35.5. The lowest BCUT2D eigenvalue weighted by Crippen LogP contribution is -2.44. The van der Waals surface area contributed by atoms with Crippen LogP contribution in [0.15, 0.2) is 0 Å². The summed E-state index contributed by atoms with van der Waals surface area (Å²) in [4.78, 5) is 14.1. The lowest BCUT2D eigenvalue weighted by molar-refractivity contribution is -0.134. The molecule has 112 valence electrons. The summed E-state index contributed by atoms with van der Waals surface area (Å²) in [5.74, 6) is 0.318. The molecule has 1 heterocycles. The Hall–Kier alpha value is -0.280. The van der Waals surface area contributed by atoms with Crippen molar-refractivity contribution in [3.63, 3.8) is 0 Å². The lowest BCUT2D eigenvalue weighted by atomic mass is 9.68. The molecule has 0 aromatic heterocycles. The summed E-state index contributed by atoms with van der Waals surface area (Å²) in [6.45, 7) is 3.94. The number of nitrogens with zero attached hydrogens (tertiary/aromatic N) is 1. The predicted octanol–water partition coefficient (Wildman–Crippen LogP) is 3.11. The monoisotopic (exact) mass is 288 g/mol. The fraction of sp³-hybridized carbons (Fsp3) is 0.933. The maximum atomic E-state index is 12.0. The lowest BCUT2D eigenvalue weighted by Gasteiger charge is -2.44. The topological polar surface area (TPSA) is 46.3 Å². The standard InChI is InChI=1S/C15H28N2O.ClH/c1-13(16)5-6-14(18)17-11-9-15(10-12-17)7-3-2-4-8-15;/h13H,2-12,16H2,1H3;1H. The van der Waals surface area contributed by atoms with Gasteiger partial charge in [-0.05, 0) is 44.4 Å². The number of nitrogens with two attached hydrogens (primary N) is 1. The predicted molar refractivity (Wildman–Crippen MR) is 81.5 cm³/mol. The molecule has 0 radical (unpaired) electrons. The maximum absolute atomic E-state index is 12.0. The third kappa shape index (κ3) is 4.64. The summed E-state index contributed by atoms with van der Waals surface area (Å²) in [5.41, 5.74) is 6.30. The number of likely N-dealkylation sites (tertiary alicyclic amines) is 1. The fourth-order valence-electron chi connectivity index (χ4n) is 3.54. The molecule has 2 rings (SSSR count). The molecule has 1 unspecified atom stereocenters. The van der Waals surface area contributed by atoms with Gasteiger partial charge in [-0.3, -0.25) is 4.79 Å². The fourth-order valence-corrected chi connectivity index (χ4v) is 3.54. The highest BCUT2D eigenvalue weighted by Gasteiger charge is 2.36. The van der Waals surface area contributed by atoms with Gasteiger partial charge >= 0.3 is 0 Å². The van der Waals surface area contributed by atoms with E-state index >= 15 is 0 Å². The van der Waals surface area contributed by atoms with Crippen molar-refractivity contribution in [2.45, 2.75) is 70.8 Å². The molecule has 1 aliphatic carbocycles. The summed E-state index contributed by atoms with van der Waals surface area (Å²) >= 11 is 0. The second kappa shape index (κ2) is 7.49. The van der Waals surface area contributed by atoms with E-state index in [4.69, 9.17) is 5.73 Å². The van der Waals surface area contributed by atoms with Crippen LogP contribution in [0.25, 0.3) is 0 Å². The third-order valence-corrected chi connectivity index (χ3v) is 4.90. The molecule has 2 N–H and O–H groups in total. The van der Waals surface area contributed by atoms with Gasteiger partial charge in [0.2, 0.25) is 5.91 Å². The smallest absolute Gasteiger partial charge is 0.222 e. The van der Waals surface area contributed by atoms with E-state index in [2.05, 4.69) is 4.90 Å². The van der Waals surface area contributed by atoms with Gasteiger partial charge in [-0.2, -0.15) is 0 Å². The van der Waals surface area contributed by atoms with E-state index in [1.807, 2.05) is 6.92 Å². The molecule has 1 amide bonds. The minimum atomic E-state index is 0. The van der Waals surface area contributed by atoms with Gasteiger partial charge in [0, 0.05) is 25.6 Å². The van der Waals surface area contributed by atoms with Crippen molar-refractivity contribution in [1.82, 2.24) is 4.90 Å². The highest BCUT2D eigenvalue weighted by Crippen LogP contribution is 2.44. The summed E-state index contributed by atoms with van der Waals surface area (Å²) < 4.78 is 0. The van der Waals surface area contributed by atoms with E-state index < -0.39 is 0 Å². The molecule has 0 bridgehead atoms. The number of rotatable bonds is 3. The van der Waals surface area contributed by atoms with Crippen molar-refractivity contribution in [1.29, 1.82) is 0 Å². The van der Waals surface area contributed by atoms with Gasteiger partial charge in [0.25, 0.3) is 0 Å². The Kier molecular flexibility index (Phi) is 6.61. The summed E-state index contributed by atoms with van der Waals surface area (Å²) in [6.07, 6.45) is 10.9. The molecule has 2 fully saturated rings. The van der Waals surface area contributed by atoms with E-state index in [9.17, 15) is 4.79 Å². The van der Waals surface area contributed by atoms with Crippen LogP contribution in [0, 0.1) is 5.41 Å². The molecule has 0 aromatic carbocycles. The average Bonchev–Trinajstić information content (AvgIpc) is 2.38. The summed E-state index contributed by atoms with van der Waals surface area (Å²) in [7, 11) is 0. The van der Waals surface area contributed by atoms with Crippen LogP contribution in [0.2, 0.25) is 0 Å². The Morgan fingerprint density at radius 1 is 1.16 bits per heavy atom. The van der Waals surface area contributed by atoms with Gasteiger partial charge < -0.3 is 10.6 Å². The normalized spacial score (nSPS) is 23.8. The van der Waals surface area contributed by atoms with Crippen molar-refractivity contribution in [2.24, 2.45) is 11.1 Å². The Bertz CT molecular complexity index is 278. The molecular weight excluding hydrogens is 260 g/mol. The van der Waals surface area contributed by atoms with Gasteiger partial charge in [0.1, 0.15) is 0 Å². The zero-order valence-electron chi connectivity index (χ0n) is 12.2. The van der Waals surface area contributed by atoms with Crippen LogP contribution in [0.1, 0.15) is 64.7 Å². The Labute approximate surface area is 123 Å². The van der Waals surface area contributed by atoms with Crippen LogP contribution in [0.4, 0.5) is 0 Å².